The first-order valence-electron chi connectivity index (χ1n) is 8.14. The molecule has 6 heteroatoms. The van der Waals surface area contributed by atoms with Crippen LogP contribution in [0.4, 0.5) is 5.69 Å². The maximum Gasteiger partial charge on any atom is 0.243 e. The van der Waals surface area contributed by atoms with E-state index >= 15 is 0 Å². The van der Waals surface area contributed by atoms with Gasteiger partial charge in [-0.15, -0.1) is 12.4 Å². The summed E-state index contributed by atoms with van der Waals surface area (Å²) in [6.07, 6.45) is 0. The minimum absolute atomic E-state index is 0. The molecule has 1 aliphatic heterocycles. The van der Waals surface area contributed by atoms with E-state index in [-0.39, 0.29) is 24.4 Å². The Bertz CT molecular complexity index is 643. The first kappa shape index (κ1) is 19.4. The van der Waals surface area contributed by atoms with E-state index in [2.05, 4.69) is 10.6 Å². The summed E-state index contributed by atoms with van der Waals surface area (Å²) in [5.41, 5.74) is 3.01. The quantitative estimate of drug-likeness (QED) is 0.829. The minimum atomic E-state index is -0.285. The van der Waals surface area contributed by atoms with Gasteiger partial charge in [0.1, 0.15) is 6.04 Å². The van der Waals surface area contributed by atoms with Gasteiger partial charge in [-0.1, -0.05) is 42.5 Å². The number of hydrogen-bond acceptors (Lipinski definition) is 4. The molecule has 25 heavy (non-hydrogen) atoms. The Balaban J connectivity index is 0.00000225. The third-order valence-corrected chi connectivity index (χ3v) is 3.84. The van der Waals surface area contributed by atoms with E-state index in [1.165, 1.54) is 0 Å². The van der Waals surface area contributed by atoms with Gasteiger partial charge in [0.25, 0.3) is 0 Å². The van der Waals surface area contributed by atoms with E-state index in [1.54, 1.807) is 0 Å². The summed E-state index contributed by atoms with van der Waals surface area (Å²) in [5, 5.41) is 6.04. The van der Waals surface area contributed by atoms with Gasteiger partial charge in [-0.25, -0.2) is 0 Å². The van der Waals surface area contributed by atoms with Gasteiger partial charge in [-0.05, 0) is 23.3 Å². The largest absolute Gasteiger partial charge is 0.378 e. The third-order valence-electron chi connectivity index (χ3n) is 3.84. The van der Waals surface area contributed by atoms with Crippen LogP contribution in [0.25, 0.3) is 0 Å². The van der Waals surface area contributed by atoms with Crippen LogP contribution in [0.1, 0.15) is 11.1 Å². The lowest BCUT2D eigenvalue weighted by Crippen LogP contribution is -2.48. The summed E-state index contributed by atoms with van der Waals surface area (Å²) in [4.78, 5) is 12.1. The van der Waals surface area contributed by atoms with Crippen molar-refractivity contribution < 1.29 is 14.3 Å². The molecule has 1 saturated heterocycles. The van der Waals surface area contributed by atoms with E-state index < -0.39 is 0 Å². The van der Waals surface area contributed by atoms with Crippen molar-refractivity contribution in [3.8, 4) is 0 Å². The van der Waals surface area contributed by atoms with Gasteiger partial charge in [0.2, 0.25) is 5.91 Å². The molecule has 0 bridgehead atoms. The van der Waals surface area contributed by atoms with Crippen molar-refractivity contribution in [3.63, 3.8) is 0 Å². The number of halogens is 1. The first-order chi connectivity index (χ1) is 11.8. The van der Waals surface area contributed by atoms with Crippen molar-refractivity contribution in [3.05, 3.63) is 65.7 Å². The summed E-state index contributed by atoms with van der Waals surface area (Å²) in [6, 6.07) is 17.5. The van der Waals surface area contributed by atoms with Crippen LogP contribution in [0, 0.1) is 0 Å². The van der Waals surface area contributed by atoms with Gasteiger partial charge in [-0.3, -0.25) is 4.79 Å². The Morgan fingerprint density at radius 2 is 1.76 bits per heavy atom. The maximum absolute atomic E-state index is 12.1. The third kappa shape index (κ3) is 6.14. The molecule has 2 aromatic carbocycles. The highest BCUT2D eigenvalue weighted by Crippen LogP contribution is 2.12. The van der Waals surface area contributed by atoms with Crippen LogP contribution in [0.3, 0.4) is 0 Å². The molecule has 1 amide bonds. The zero-order chi connectivity index (χ0) is 16.6. The van der Waals surface area contributed by atoms with E-state index in [9.17, 15) is 4.79 Å². The number of morpholine rings is 1. The normalized spacial score (nSPS) is 16.7. The van der Waals surface area contributed by atoms with Crippen molar-refractivity contribution >= 4 is 24.0 Å². The molecule has 134 valence electrons. The van der Waals surface area contributed by atoms with Crippen LogP contribution in [0.15, 0.2) is 54.6 Å². The maximum atomic E-state index is 12.1. The van der Waals surface area contributed by atoms with Crippen molar-refractivity contribution in [2.24, 2.45) is 0 Å². The van der Waals surface area contributed by atoms with Crippen LogP contribution < -0.4 is 10.6 Å². The molecule has 0 radical (unpaired) electrons. The number of amides is 1. The predicted molar refractivity (Wildman–Crippen MR) is 99.9 cm³/mol. The molecule has 1 fully saturated rings. The van der Waals surface area contributed by atoms with Crippen LogP contribution in [0.2, 0.25) is 0 Å². The number of anilines is 1. The van der Waals surface area contributed by atoms with Crippen molar-refractivity contribution in [1.29, 1.82) is 0 Å². The Kier molecular flexibility index (Phi) is 7.88. The molecule has 1 aliphatic rings. The van der Waals surface area contributed by atoms with E-state index in [1.807, 2.05) is 54.6 Å². The van der Waals surface area contributed by atoms with Crippen LogP contribution in [-0.4, -0.2) is 31.7 Å². The topological polar surface area (TPSA) is 59.6 Å². The number of benzene rings is 2. The van der Waals surface area contributed by atoms with Crippen LogP contribution in [0.5, 0.6) is 0 Å². The lowest BCUT2D eigenvalue weighted by Gasteiger charge is -2.22. The smallest absolute Gasteiger partial charge is 0.243 e. The lowest BCUT2D eigenvalue weighted by atomic mass is 10.2. The Labute approximate surface area is 154 Å². The zero-order valence-corrected chi connectivity index (χ0v) is 14.8. The predicted octanol–water partition coefficient (Wildman–Crippen LogP) is 2.75. The van der Waals surface area contributed by atoms with Gasteiger partial charge in [-0.2, -0.15) is 0 Å². The minimum Gasteiger partial charge on any atom is -0.378 e. The molecule has 0 spiro atoms. The average Bonchev–Trinajstić information content (AvgIpc) is 2.65. The van der Waals surface area contributed by atoms with Crippen molar-refractivity contribution in [2.75, 3.05) is 25.1 Å². The summed E-state index contributed by atoms with van der Waals surface area (Å²) in [7, 11) is 0. The Morgan fingerprint density at radius 1 is 1.08 bits per heavy atom. The molecule has 1 heterocycles. The fourth-order valence-corrected chi connectivity index (χ4v) is 2.51. The van der Waals surface area contributed by atoms with Gasteiger partial charge in [0.15, 0.2) is 0 Å². The summed E-state index contributed by atoms with van der Waals surface area (Å²) < 4.78 is 11.0. The number of rotatable bonds is 6. The molecule has 1 atom stereocenters. The van der Waals surface area contributed by atoms with Gasteiger partial charge in [0, 0.05) is 12.2 Å². The van der Waals surface area contributed by atoms with Crippen LogP contribution >= 0.6 is 12.4 Å². The second-order valence-corrected chi connectivity index (χ2v) is 5.75. The fraction of sp³-hybridized carbons (Fsp3) is 0.316. The Hall–Kier alpha value is -1.92. The standard InChI is InChI=1S/C19H22N2O3.ClH/c22-19(18-14-23-11-10-20-18)21-17-8-6-16(7-9-17)13-24-12-15-4-2-1-3-5-15;/h1-9,18,20H,10-14H2,(H,21,22);1H. The molecule has 2 aromatic rings. The zero-order valence-electron chi connectivity index (χ0n) is 13.9. The first-order valence-corrected chi connectivity index (χ1v) is 8.14. The second kappa shape index (κ2) is 10.2. The van der Waals surface area contributed by atoms with E-state index in [4.69, 9.17) is 9.47 Å². The molecule has 0 saturated carbocycles. The molecule has 0 aliphatic carbocycles. The van der Waals surface area contributed by atoms with E-state index in [0.29, 0.717) is 33.0 Å². The highest BCUT2D eigenvalue weighted by molar-refractivity contribution is 5.95. The second-order valence-electron chi connectivity index (χ2n) is 5.75. The number of carbonyl (C=O) groups excluding carboxylic acids is 1. The molecule has 1 unspecified atom stereocenters. The summed E-state index contributed by atoms with van der Waals surface area (Å²) in [6.45, 7) is 2.91. The van der Waals surface area contributed by atoms with Gasteiger partial charge in [0.05, 0.1) is 26.4 Å². The molecule has 0 aromatic heterocycles. The van der Waals surface area contributed by atoms with Crippen LogP contribution in [-0.2, 0) is 27.5 Å². The lowest BCUT2D eigenvalue weighted by molar-refractivity contribution is -0.120. The SMILES string of the molecule is Cl.O=C(Nc1ccc(COCc2ccccc2)cc1)C1COCCN1. The monoisotopic (exact) mass is 362 g/mol. The van der Waals surface area contributed by atoms with Gasteiger partial charge < -0.3 is 20.1 Å². The van der Waals surface area contributed by atoms with Gasteiger partial charge >= 0.3 is 0 Å². The number of carbonyl (C=O) groups is 1. The summed E-state index contributed by atoms with van der Waals surface area (Å²) in [5.74, 6) is -0.0669. The fourth-order valence-electron chi connectivity index (χ4n) is 2.51. The number of hydrogen-bond donors (Lipinski definition) is 2. The highest BCUT2D eigenvalue weighted by Gasteiger charge is 2.20. The van der Waals surface area contributed by atoms with Crippen molar-refractivity contribution in [1.82, 2.24) is 5.32 Å². The number of nitrogens with one attached hydrogen (secondary N) is 2. The molecule has 3 rings (SSSR count). The molecule has 2 N–H and O–H groups in total. The molecule has 5 nitrogen and oxygen atoms in total. The van der Waals surface area contributed by atoms with Crippen molar-refractivity contribution in [2.45, 2.75) is 19.3 Å². The highest BCUT2D eigenvalue weighted by atomic mass is 35.5. The summed E-state index contributed by atoms with van der Waals surface area (Å²) >= 11 is 0. The van der Waals surface area contributed by atoms with E-state index in [0.717, 1.165) is 16.8 Å². The molecular weight excluding hydrogens is 340 g/mol. The number of ether oxygens (including phenoxy) is 2. The average molecular weight is 363 g/mol. The Morgan fingerprint density at radius 3 is 2.40 bits per heavy atom. The molecular formula is C19H23ClN2O3.